The molecule has 1 aromatic rings. The molecule has 12 heavy (non-hydrogen) atoms. The Labute approximate surface area is 71.8 Å². The Balaban J connectivity index is 2.19. The maximum atomic E-state index is 5.54. The fraction of sp³-hybridized carbons (Fsp3) is 0.750. The minimum absolute atomic E-state index is 0.596. The first-order valence-electron chi connectivity index (χ1n) is 4.50. The predicted octanol–water partition coefficient (Wildman–Crippen LogP) is 0.504. The lowest BCUT2D eigenvalue weighted by Gasteiger charge is -2.21. The third kappa shape index (κ3) is 1.22. The second kappa shape index (κ2) is 3.23. The van der Waals surface area contributed by atoms with Gasteiger partial charge in [-0.2, -0.15) is 0 Å². The minimum Gasteiger partial charge on any atom is -0.330 e. The highest BCUT2D eigenvalue weighted by Gasteiger charge is 2.20. The molecule has 2 N–H and O–H groups in total. The number of rotatable bonds is 2. The summed E-state index contributed by atoms with van der Waals surface area (Å²) in [5.74, 6) is 0.596. The van der Waals surface area contributed by atoms with Crippen molar-refractivity contribution in [2.24, 2.45) is 5.73 Å². The normalized spacial score (nSPS) is 22.2. The highest BCUT2D eigenvalue weighted by Crippen LogP contribution is 2.27. The second-order valence-electron chi connectivity index (χ2n) is 3.30. The molecule has 1 unspecified atom stereocenters. The molecule has 2 rings (SSSR count). The zero-order valence-electron chi connectivity index (χ0n) is 7.11. The van der Waals surface area contributed by atoms with Crippen LogP contribution in [0.5, 0.6) is 0 Å². The molecule has 1 aliphatic rings. The van der Waals surface area contributed by atoms with Crippen molar-refractivity contribution in [3.05, 3.63) is 11.9 Å². The average molecular weight is 166 g/mol. The van der Waals surface area contributed by atoms with Crippen LogP contribution in [-0.4, -0.2) is 21.5 Å². The maximum Gasteiger partial charge on any atom is 0.0728 e. The predicted molar refractivity (Wildman–Crippen MR) is 45.7 cm³/mol. The Morgan fingerprint density at radius 1 is 1.67 bits per heavy atom. The van der Waals surface area contributed by atoms with E-state index in [1.54, 1.807) is 0 Å². The van der Waals surface area contributed by atoms with Gasteiger partial charge < -0.3 is 5.73 Å². The largest absolute Gasteiger partial charge is 0.330 e. The summed E-state index contributed by atoms with van der Waals surface area (Å²) in [6.45, 7) is 1.78. The van der Waals surface area contributed by atoms with Crippen LogP contribution < -0.4 is 5.73 Å². The van der Waals surface area contributed by atoms with Gasteiger partial charge in [-0.3, -0.25) is 0 Å². The van der Waals surface area contributed by atoms with Crippen LogP contribution in [-0.2, 0) is 6.54 Å². The van der Waals surface area contributed by atoms with E-state index < -0.39 is 0 Å². The molecule has 4 heteroatoms. The Morgan fingerprint density at radius 2 is 2.58 bits per heavy atom. The van der Waals surface area contributed by atoms with Crippen LogP contribution in [0.2, 0.25) is 0 Å². The molecule has 0 radical (unpaired) electrons. The summed E-state index contributed by atoms with van der Waals surface area (Å²) in [6.07, 6.45) is 5.39. The van der Waals surface area contributed by atoms with Gasteiger partial charge in [0.2, 0.25) is 0 Å². The second-order valence-corrected chi connectivity index (χ2v) is 3.30. The van der Waals surface area contributed by atoms with E-state index in [9.17, 15) is 0 Å². The van der Waals surface area contributed by atoms with Gasteiger partial charge in [-0.1, -0.05) is 5.21 Å². The van der Waals surface area contributed by atoms with Gasteiger partial charge in [-0.25, -0.2) is 4.68 Å². The van der Waals surface area contributed by atoms with Crippen molar-refractivity contribution in [1.29, 1.82) is 0 Å². The molecular formula is C8H14N4. The number of fused-ring (bicyclic) bond motifs is 1. The molecule has 0 saturated carbocycles. The molecule has 2 heterocycles. The number of aryl methyl sites for hydroxylation is 1. The summed E-state index contributed by atoms with van der Waals surface area (Å²) in [7, 11) is 0. The van der Waals surface area contributed by atoms with E-state index in [2.05, 4.69) is 10.3 Å². The molecule has 0 fully saturated rings. The van der Waals surface area contributed by atoms with Gasteiger partial charge in [0.25, 0.3) is 0 Å². The van der Waals surface area contributed by atoms with Crippen LogP contribution in [0.15, 0.2) is 6.20 Å². The quantitative estimate of drug-likeness (QED) is 0.696. The van der Waals surface area contributed by atoms with Gasteiger partial charge in [0.05, 0.1) is 11.9 Å². The van der Waals surface area contributed by atoms with Crippen molar-refractivity contribution in [1.82, 2.24) is 15.0 Å². The fourth-order valence-corrected chi connectivity index (χ4v) is 1.88. The van der Waals surface area contributed by atoms with Crippen LogP contribution in [0.1, 0.15) is 30.9 Å². The van der Waals surface area contributed by atoms with Gasteiger partial charge in [-0.05, 0) is 25.8 Å². The molecule has 1 aliphatic heterocycles. The zero-order valence-corrected chi connectivity index (χ0v) is 7.11. The fourth-order valence-electron chi connectivity index (χ4n) is 1.88. The van der Waals surface area contributed by atoms with Crippen LogP contribution >= 0.6 is 0 Å². The third-order valence-corrected chi connectivity index (χ3v) is 2.50. The molecule has 0 spiro atoms. The van der Waals surface area contributed by atoms with Gasteiger partial charge in [0.1, 0.15) is 0 Å². The van der Waals surface area contributed by atoms with Crippen molar-refractivity contribution in [3.8, 4) is 0 Å². The summed E-state index contributed by atoms with van der Waals surface area (Å²) in [5.41, 5.74) is 6.81. The lowest BCUT2D eigenvalue weighted by atomic mass is 9.93. The smallest absolute Gasteiger partial charge is 0.0728 e. The highest BCUT2D eigenvalue weighted by atomic mass is 15.4. The Hall–Kier alpha value is -0.900. The Kier molecular flexibility index (Phi) is 2.08. The van der Waals surface area contributed by atoms with E-state index in [0.717, 1.165) is 19.5 Å². The standard InChI is InChI=1S/C8H14N4/c9-4-3-7-2-1-5-12-8(7)6-10-11-12/h6-7H,1-5,9H2. The van der Waals surface area contributed by atoms with E-state index >= 15 is 0 Å². The van der Waals surface area contributed by atoms with Crippen molar-refractivity contribution in [2.75, 3.05) is 6.54 Å². The SMILES string of the molecule is NCCC1CCCn2nncc21. The molecule has 0 saturated heterocycles. The van der Waals surface area contributed by atoms with Gasteiger partial charge in [0.15, 0.2) is 0 Å². The topological polar surface area (TPSA) is 56.7 Å². The van der Waals surface area contributed by atoms with Crippen molar-refractivity contribution >= 4 is 0 Å². The molecule has 66 valence electrons. The van der Waals surface area contributed by atoms with Crippen molar-refractivity contribution in [3.63, 3.8) is 0 Å². The highest BCUT2D eigenvalue weighted by molar-refractivity contribution is 5.05. The molecule has 0 aliphatic carbocycles. The lowest BCUT2D eigenvalue weighted by molar-refractivity contribution is 0.407. The van der Waals surface area contributed by atoms with Crippen LogP contribution in [0.3, 0.4) is 0 Å². The van der Waals surface area contributed by atoms with E-state index in [0.29, 0.717) is 5.92 Å². The first kappa shape index (κ1) is 7.73. The van der Waals surface area contributed by atoms with Crippen molar-refractivity contribution in [2.45, 2.75) is 31.7 Å². The number of aromatic nitrogens is 3. The zero-order chi connectivity index (χ0) is 8.39. The number of nitrogens with two attached hydrogens (primary N) is 1. The number of hydrogen-bond acceptors (Lipinski definition) is 3. The van der Waals surface area contributed by atoms with Gasteiger partial charge >= 0.3 is 0 Å². The molecule has 4 nitrogen and oxygen atoms in total. The van der Waals surface area contributed by atoms with Crippen molar-refractivity contribution < 1.29 is 0 Å². The molecule has 1 aromatic heterocycles. The lowest BCUT2D eigenvalue weighted by Crippen LogP contribution is -2.18. The Bertz CT molecular complexity index is 255. The average Bonchev–Trinajstić information content (AvgIpc) is 2.53. The first-order chi connectivity index (χ1) is 5.92. The first-order valence-corrected chi connectivity index (χ1v) is 4.50. The summed E-state index contributed by atoms with van der Waals surface area (Å²) in [4.78, 5) is 0. The van der Waals surface area contributed by atoms with E-state index in [4.69, 9.17) is 5.73 Å². The maximum absolute atomic E-state index is 5.54. The third-order valence-electron chi connectivity index (χ3n) is 2.50. The van der Waals surface area contributed by atoms with E-state index in [-0.39, 0.29) is 0 Å². The molecule has 0 aromatic carbocycles. The monoisotopic (exact) mass is 166 g/mol. The number of hydrogen-bond donors (Lipinski definition) is 1. The van der Waals surface area contributed by atoms with Gasteiger partial charge in [-0.15, -0.1) is 5.10 Å². The number of nitrogens with zero attached hydrogens (tertiary/aromatic N) is 3. The Morgan fingerprint density at radius 3 is 3.42 bits per heavy atom. The molecule has 0 amide bonds. The molecular weight excluding hydrogens is 152 g/mol. The van der Waals surface area contributed by atoms with E-state index in [1.165, 1.54) is 18.5 Å². The molecule has 0 bridgehead atoms. The van der Waals surface area contributed by atoms with Gasteiger partial charge in [0, 0.05) is 12.5 Å². The summed E-state index contributed by atoms with van der Waals surface area (Å²) >= 11 is 0. The summed E-state index contributed by atoms with van der Waals surface area (Å²) < 4.78 is 2.00. The molecule has 1 atom stereocenters. The van der Waals surface area contributed by atoms with Crippen LogP contribution in [0.25, 0.3) is 0 Å². The minimum atomic E-state index is 0.596. The summed E-state index contributed by atoms with van der Waals surface area (Å²) in [5, 5.41) is 7.92. The van der Waals surface area contributed by atoms with Crippen LogP contribution in [0.4, 0.5) is 0 Å². The summed E-state index contributed by atoms with van der Waals surface area (Å²) in [6, 6.07) is 0. The van der Waals surface area contributed by atoms with Crippen LogP contribution in [0, 0.1) is 0 Å². The van der Waals surface area contributed by atoms with E-state index in [1.807, 2.05) is 10.9 Å².